The second-order valence-corrected chi connectivity index (χ2v) is 5.99. The van der Waals surface area contributed by atoms with Crippen LogP contribution in [0.1, 0.15) is 24.5 Å². The van der Waals surface area contributed by atoms with Gasteiger partial charge in [-0.3, -0.25) is 14.9 Å². The van der Waals surface area contributed by atoms with Crippen LogP contribution in [0.4, 0.5) is 15.8 Å². The van der Waals surface area contributed by atoms with Crippen LogP contribution in [-0.4, -0.2) is 16.9 Å². The molecule has 1 aliphatic rings. The van der Waals surface area contributed by atoms with Crippen molar-refractivity contribution in [2.45, 2.75) is 32.2 Å². The number of halogens is 1. The summed E-state index contributed by atoms with van der Waals surface area (Å²) in [5.41, 5.74) is 1.81. The van der Waals surface area contributed by atoms with E-state index in [1.54, 1.807) is 29.2 Å². The summed E-state index contributed by atoms with van der Waals surface area (Å²) in [6, 6.07) is 10.6. The van der Waals surface area contributed by atoms with Gasteiger partial charge in [-0.25, -0.2) is 4.39 Å². The molecule has 0 saturated heterocycles. The number of fused-ring (bicyclic) bond motifs is 1. The molecule has 0 aromatic heterocycles. The number of carbonyl (C=O) groups is 1. The molecule has 1 atom stereocenters. The van der Waals surface area contributed by atoms with Crippen molar-refractivity contribution in [1.29, 1.82) is 0 Å². The van der Waals surface area contributed by atoms with Gasteiger partial charge in [0.1, 0.15) is 5.82 Å². The van der Waals surface area contributed by atoms with Crippen LogP contribution in [0.25, 0.3) is 0 Å². The first kappa shape index (κ1) is 16.1. The Morgan fingerprint density at radius 1 is 1.33 bits per heavy atom. The summed E-state index contributed by atoms with van der Waals surface area (Å²) in [6.07, 6.45) is 1.39. The van der Waals surface area contributed by atoms with Crippen LogP contribution in [0, 0.1) is 15.9 Å². The first-order valence-corrected chi connectivity index (χ1v) is 7.80. The Morgan fingerprint density at radius 2 is 2.08 bits per heavy atom. The molecule has 2 aromatic carbocycles. The van der Waals surface area contributed by atoms with Gasteiger partial charge in [0.2, 0.25) is 5.91 Å². The number of hydrogen-bond donors (Lipinski definition) is 0. The molecule has 24 heavy (non-hydrogen) atoms. The van der Waals surface area contributed by atoms with E-state index in [1.165, 1.54) is 18.2 Å². The maximum atomic E-state index is 13.4. The molecule has 3 rings (SSSR count). The Hall–Kier alpha value is -2.76. The summed E-state index contributed by atoms with van der Waals surface area (Å²) in [7, 11) is 0. The van der Waals surface area contributed by atoms with Crippen LogP contribution in [0.5, 0.6) is 0 Å². The number of nitro groups is 1. The van der Waals surface area contributed by atoms with E-state index in [1.807, 2.05) is 6.92 Å². The largest absolute Gasteiger partial charge is 0.309 e. The third kappa shape index (κ3) is 2.99. The zero-order chi connectivity index (χ0) is 17.3. The highest BCUT2D eigenvalue weighted by atomic mass is 19.1. The van der Waals surface area contributed by atoms with Gasteiger partial charge < -0.3 is 4.90 Å². The molecule has 5 nitrogen and oxygen atoms in total. The number of carbonyl (C=O) groups excluding carboxylic acids is 1. The summed E-state index contributed by atoms with van der Waals surface area (Å²) in [6.45, 7) is 1.93. The molecule has 1 amide bonds. The highest BCUT2D eigenvalue weighted by molar-refractivity contribution is 5.97. The summed E-state index contributed by atoms with van der Waals surface area (Å²) in [5, 5.41) is 11.1. The molecule has 0 unspecified atom stereocenters. The number of benzene rings is 2. The topological polar surface area (TPSA) is 63.5 Å². The predicted octanol–water partition coefficient (Wildman–Crippen LogP) is 3.64. The number of aryl methyl sites for hydroxylation is 1. The summed E-state index contributed by atoms with van der Waals surface area (Å²) >= 11 is 0. The van der Waals surface area contributed by atoms with Crippen molar-refractivity contribution in [3.63, 3.8) is 0 Å². The number of para-hydroxylation sites is 1. The normalized spacial score (nSPS) is 16.6. The van der Waals surface area contributed by atoms with E-state index >= 15 is 0 Å². The lowest BCUT2D eigenvalue weighted by Crippen LogP contribution is -2.43. The molecule has 124 valence electrons. The lowest BCUT2D eigenvalue weighted by molar-refractivity contribution is -0.385. The second-order valence-electron chi connectivity index (χ2n) is 5.99. The van der Waals surface area contributed by atoms with Crippen LogP contribution < -0.4 is 4.90 Å². The smallest absolute Gasteiger partial charge is 0.273 e. The molecule has 1 aliphatic heterocycles. The third-order valence-corrected chi connectivity index (χ3v) is 4.37. The zero-order valence-electron chi connectivity index (χ0n) is 13.2. The van der Waals surface area contributed by atoms with Gasteiger partial charge in [-0.15, -0.1) is 0 Å². The minimum absolute atomic E-state index is 0.0294. The number of rotatable bonds is 3. The van der Waals surface area contributed by atoms with Gasteiger partial charge in [-0.2, -0.15) is 0 Å². The van der Waals surface area contributed by atoms with Crippen molar-refractivity contribution in [2.24, 2.45) is 0 Å². The van der Waals surface area contributed by atoms with Crippen molar-refractivity contribution in [3.05, 3.63) is 69.5 Å². The monoisotopic (exact) mass is 328 g/mol. The molecular formula is C18H17FN2O3. The van der Waals surface area contributed by atoms with Crippen molar-refractivity contribution in [2.75, 3.05) is 4.90 Å². The fourth-order valence-corrected chi connectivity index (χ4v) is 3.19. The first-order valence-electron chi connectivity index (χ1n) is 7.80. The minimum Gasteiger partial charge on any atom is -0.309 e. The molecule has 2 aromatic rings. The molecular weight excluding hydrogens is 311 g/mol. The van der Waals surface area contributed by atoms with Gasteiger partial charge >= 0.3 is 0 Å². The van der Waals surface area contributed by atoms with Crippen molar-refractivity contribution in [1.82, 2.24) is 0 Å². The Labute approximate surface area is 138 Å². The molecule has 0 radical (unpaired) electrons. The molecule has 0 saturated carbocycles. The van der Waals surface area contributed by atoms with Crippen molar-refractivity contribution in [3.8, 4) is 0 Å². The minimum atomic E-state index is -0.481. The van der Waals surface area contributed by atoms with E-state index in [4.69, 9.17) is 0 Å². The molecule has 0 spiro atoms. The summed E-state index contributed by atoms with van der Waals surface area (Å²) < 4.78 is 13.4. The fourth-order valence-electron chi connectivity index (χ4n) is 3.19. The number of hydrogen-bond acceptors (Lipinski definition) is 3. The Morgan fingerprint density at radius 3 is 2.83 bits per heavy atom. The van der Waals surface area contributed by atoms with E-state index in [-0.39, 0.29) is 29.9 Å². The lowest BCUT2D eigenvalue weighted by Gasteiger charge is -2.35. The van der Waals surface area contributed by atoms with E-state index in [9.17, 15) is 19.3 Å². The van der Waals surface area contributed by atoms with Crippen LogP contribution >= 0.6 is 0 Å². The van der Waals surface area contributed by atoms with Gasteiger partial charge in [-0.1, -0.05) is 18.2 Å². The standard InChI is InChI=1S/C18H17FN2O3/c1-12-6-7-14-10-15(19)8-9-16(14)20(12)18(22)11-13-4-2-3-5-17(13)21(23)24/h2-5,8-10,12H,6-7,11H2,1H3/t12-/m1/s1. The van der Waals surface area contributed by atoms with Gasteiger partial charge in [0.15, 0.2) is 0 Å². The summed E-state index contributed by atoms with van der Waals surface area (Å²) in [4.78, 5) is 25.1. The van der Waals surface area contributed by atoms with E-state index in [0.717, 1.165) is 12.0 Å². The average Bonchev–Trinajstić information content (AvgIpc) is 2.55. The highest BCUT2D eigenvalue weighted by Gasteiger charge is 2.29. The quantitative estimate of drug-likeness (QED) is 0.638. The van der Waals surface area contributed by atoms with Gasteiger partial charge in [-0.05, 0) is 43.5 Å². The molecule has 1 heterocycles. The SMILES string of the molecule is C[C@@H]1CCc2cc(F)ccc2N1C(=O)Cc1ccccc1[N+](=O)[O-]. The van der Waals surface area contributed by atoms with Gasteiger partial charge in [0, 0.05) is 23.4 Å². The van der Waals surface area contributed by atoms with Crippen LogP contribution in [0.15, 0.2) is 42.5 Å². The maximum Gasteiger partial charge on any atom is 0.273 e. The molecule has 0 bridgehead atoms. The fraction of sp³-hybridized carbons (Fsp3) is 0.278. The molecule has 0 N–H and O–H groups in total. The number of amides is 1. The Bertz CT molecular complexity index is 807. The summed E-state index contributed by atoms with van der Waals surface area (Å²) in [5.74, 6) is -0.543. The lowest BCUT2D eigenvalue weighted by atomic mass is 9.95. The number of nitro benzene ring substituents is 1. The second kappa shape index (κ2) is 6.39. The van der Waals surface area contributed by atoms with Crippen LogP contribution in [-0.2, 0) is 17.6 Å². The van der Waals surface area contributed by atoms with Gasteiger partial charge in [0.05, 0.1) is 11.3 Å². The van der Waals surface area contributed by atoms with E-state index < -0.39 is 4.92 Å². The molecule has 6 heteroatoms. The third-order valence-electron chi connectivity index (χ3n) is 4.37. The molecule has 0 aliphatic carbocycles. The van der Waals surface area contributed by atoms with Crippen molar-refractivity contribution < 1.29 is 14.1 Å². The molecule has 0 fully saturated rings. The van der Waals surface area contributed by atoms with Gasteiger partial charge in [0.25, 0.3) is 5.69 Å². The maximum absolute atomic E-state index is 13.4. The van der Waals surface area contributed by atoms with Crippen LogP contribution in [0.3, 0.4) is 0 Å². The first-order chi connectivity index (χ1) is 11.5. The number of anilines is 1. The highest BCUT2D eigenvalue weighted by Crippen LogP contribution is 2.32. The Kier molecular flexibility index (Phi) is 4.29. The van der Waals surface area contributed by atoms with E-state index in [2.05, 4.69) is 0 Å². The Balaban J connectivity index is 1.92. The number of nitrogens with zero attached hydrogens (tertiary/aromatic N) is 2. The average molecular weight is 328 g/mol. The van der Waals surface area contributed by atoms with Crippen molar-refractivity contribution >= 4 is 17.3 Å². The van der Waals surface area contributed by atoms with E-state index in [0.29, 0.717) is 17.7 Å². The predicted molar refractivity (Wildman–Crippen MR) is 88.5 cm³/mol. The van der Waals surface area contributed by atoms with Crippen LogP contribution in [0.2, 0.25) is 0 Å². The zero-order valence-corrected chi connectivity index (χ0v) is 13.2.